The molecule has 0 spiro atoms. The second-order valence-corrected chi connectivity index (χ2v) is 5.06. The van der Waals surface area contributed by atoms with E-state index in [9.17, 15) is 8.78 Å². The van der Waals surface area contributed by atoms with Crippen molar-refractivity contribution in [1.82, 2.24) is 5.32 Å². The Morgan fingerprint density at radius 2 is 2.00 bits per heavy atom. The van der Waals surface area contributed by atoms with Crippen molar-refractivity contribution in [3.05, 3.63) is 29.3 Å². The van der Waals surface area contributed by atoms with Gasteiger partial charge in [0.05, 0.1) is 6.61 Å². The Labute approximate surface area is 113 Å². The van der Waals surface area contributed by atoms with Gasteiger partial charge in [0, 0.05) is 11.5 Å². The van der Waals surface area contributed by atoms with Gasteiger partial charge in [-0.25, -0.2) is 8.78 Å². The molecule has 0 aliphatic carbocycles. The topological polar surface area (TPSA) is 21.3 Å². The molecule has 1 fully saturated rings. The quantitative estimate of drug-likeness (QED) is 0.903. The van der Waals surface area contributed by atoms with Crippen molar-refractivity contribution in [3.8, 4) is 5.75 Å². The van der Waals surface area contributed by atoms with Crippen molar-refractivity contribution < 1.29 is 13.5 Å². The van der Waals surface area contributed by atoms with E-state index in [1.54, 1.807) is 12.1 Å². The lowest BCUT2D eigenvalue weighted by Crippen LogP contribution is -2.36. The van der Waals surface area contributed by atoms with Gasteiger partial charge >= 0.3 is 0 Å². The summed E-state index contributed by atoms with van der Waals surface area (Å²) in [4.78, 5) is 0. The molecular formula is C15H21F2NO. The van der Waals surface area contributed by atoms with E-state index in [1.165, 1.54) is 6.07 Å². The zero-order valence-electron chi connectivity index (χ0n) is 11.5. The molecule has 0 atom stereocenters. The number of alkyl halides is 2. The number of aryl methyl sites for hydroxylation is 1. The van der Waals surface area contributed by atoms with Crippen LogP contribution in [-0.4, -0.2) is 19.7 Å². The normalized spacial score (nSPS) is 17.5. The lowest BCUT2D eigenvalue weighted by atomic mass is 9.86. The minimum absolute atomic E-state index is 0.111. The molecule has 2 nitrogen and oxygen atoms in total. The molecule has 0 radical (unpaired) electrons. The van der Waals surface area contributed by atoms with E-state index in [2.05, 4.69) is 5.32 Å². The van der Waals surface area contributed by atoms with Crippen LogP contribution >= 0.6 is 0 Å². The third-order valence-corrected chi connectivity index (χ3v) is 3.71. The maximum atomic E-state index is 14.5. The van der Waals surface area contributed by atoms with Crippen LogP contribution in [0, 0.1) is 12.8 Å². The molecule has 1 saturated heterocycles. The maximum absolute atomic E-state index is 14.5. The minimum atomic E-state index is -2.75. The predicted molar refractivity (Wildman–Crippen MR) is 71.8 cm³/mol. The first-order chi connectivity index (χ1) is 9.05. The molecule has 1 aliphatic rings. The van der Waals surface area contributed by atoms with Crippen molar-refractivity contribution in [2.24, 2.45) is 5.92 Å². The molecule has 1 aromatic rings. The number of halogens is 2. The van der Waals surface area contributed by atoms with E-state index >= 15 is 0 Å². The van der Waals surface area contributed by atoms with E-state index < -0.39 is 11.8 Å². The molecule has 0 unspecified atom stereocenters. The SMILES string of the molecule is CCOc1ccc(C(F)(F)C2CCNCC2)cc1C. The van der Waals surface area contributed by atoms with Gasteiger partial charge < -0.3 is 10.1 Å². The Balaban J connectivity index is 2.21. The first-order valence-corrected chi connectivity index (χ1v) is 6.88. The predicted octanol–water partition coefficient (Wildman–Crippen LogP) is 3.49. The molecule has 0 bridgehead atoms. The lowest BCUT2D eigenvalue weighted by Gasteiger charge is -2.31. The highest BCUT2D eigenvalue weighted by atomic mass is 19.3. The molecule has 1 aromatic carbocycles. The van der Waals surface area contributed by atoms with Gasteiger partial charge in [-0.15, -0.1) is 0 Å². The number of benzene rings is 1. The van der Waals surface area contributed by atoms with Gasteiger partial charge in [-0.2, -0.15) is 0 Å². The van der Waals surface area contributed by atoms with E-state index in [-0.39, 0.29) is 5.56 Å². The van der Waals surface area contributed by atoms with Crippen LogP contribution < -0.4 is 10.1 Å². The molecular weight excluding hydrogens is 248 g/mol. The molecule has 2 rings (SSSR count). The zero-order chi connectivity index (χ0) is 13.9. The van der Waals surface area contributed by atoms with Crippen LogP contribution in [0.4, 0.5) is 8.78 Å². The Morgan fingerprint density at radius 1 is 1.32 bits per heavy atom. The third-order valence-electron chi connectivity index (χ3n) is 3.71. The van der Waals surface area contributed by atoms with Gasteiger partial charge in [0.25, 0.3) is 5.92 Å². The van der Waals surface area contributed by atoms with Crippen LogP contribution in [-0.2, 0) is 5.92 Å². The van der Waals surface area contributed by atoms with E-state index in [4.69, 9.17) is 4.74 Å². The van der Waals surface area contributed by atoms with E-state index in [0.717, 1.165) is 5.56 Å². The van der Waals surface area contributed by atoms with Gasteiger partial charge in [-0.1, -0.05) is 0 Å². The van der Waals surface area contributed by atoms with Crippen LogP contribution in [0.3, 0.4) is 0 Å². The average Bonchev–Trinajstić information content (AvgIpc) is 2.42. The molecule has 0 aromatic heterocycles. The lowest BCUT2D eigenvalue weighted by molar-refractivity contribution is -0.0754. The molecule has 4 heteroatoms. The molecule has 0 amide bonds. The summed E-state index contributed by atoms with van der Waals surface area (Å²) in [5.74, 6) is -2.63. The van der Waals surface area contributed by atoms with Crippen molar-refractivity contribution in [1.29, 1.82) is 0 Å². The first kappa shape index (κ1) is 14.3. The van der Waals surface area contributed by atoms with Crippen LogP contribution in [0.1, 0.15) is 30.9 Å². The monoisotopic (exact) mass is 269 g/mol. The molecule has 1 N–H and O–H groups in total. The Kier molecular flexibility index (Phi) is 4.40. The first-order valence-electron chi connectivity index (χ1n) is 6.88. The summed E-state index contributed by atoms with van der Waals surface area (Å²) in [7, 11) is 0. The molecule has 106 valence electrons. The van der Waals surface area contributed by atoms with Crippen molar-refractivity contribution in [3.63, 3.8) is 0 Å². The highest BCUT2D eigenvalue weighted by Crippen LogP contribution is 2.41. The fraction of sp³-hybridized carbons (Fsp3) is 0.600. The van der Waals surface area contributed by atoms with E-state index in [1.807, 2.05) is 13.8 Å². The molecule has 1 aliphatic heterocycles. The fourth-order valence-electron chi connectivity index (χ4n) is 2.59. The standard InChI is InChI=1S/C15H21F2NO/c1-3-19-14-5-4-13(10-11(14)2)15(16,17)12-6-8-18-9-7-12/h4-5,10,12,18H,3,6-9H2,1-2H3. The summed E-state index contributed by atoms with van der Waals surface area (Å²) in [6.45, 7) is 5.60. The number of piperidine rings is 1. The van der Waals surface area contributed by atoms with Crippen LogP contribution in [0.2, 0.25) is 0 Å². The van der Waals surface area contributed by atoms with Crippen LogP contribution in [0.15, 0.2) is 18.2 Å². The number of ether oxygens (including phenoxy) is 1. The smallest absolute Gasteiger partial charge is 0.276 e. The summed E-state index contributed by atoms with van der Waals surface area (Å²) >= 11 is 0. The van der Waals surface area contributed by atoms with Crippen molar-refractivity contribution in [2.75, 3.05) is 19.7 Å². The van der Waals surface area contributed by atoms with Crippen molar-refractivity contribution in [2.45, 2.75) is 32.6 Å². The summed E-state index contributed by atoms with van der Waals surface area (Å²) in [6, 6.07) is 4.72. The highest BCUT2D eigenvalue weighted by Gasteiger charge is 2.41. The third kappa shape index (κ3) is 3.06. The number of hydrogen-bond acceptors (Lipinski definition) is 2. The van der Waals surface area contributed by atoms with E-state index in [0.29, 0.717) is 38.3 Å². The Bertz CT molecular complexity index is 428. The van der Waals surface area contributed by atoms with Gasteiger partial charge in [0.15, 0.2) is 0 Å². The average molecular weight is 269 g/mol. The maximum Gasteiger partial charge on any atom is 0.276 e. The number of nitrogens with one attached hydrogen (secondary N) is 1. The van der Waals surface area contributed by atoms with Crippen LogP contribution in [0.5, 0.6) is 5.75 Å². The van der Waals surface area contributed by atoms with Gasteiger partial charge in [0.1, 0.15) is 5.75 Å². The number of rotatable bonds is 4. The molecule has 1 heterocycles. The van der Waals surface area contributed by atoms with Crippen molar-refractivity contribution >= 4 is 0 Å². The second kappa shape index (κ2) is 5.87. The highest BCUT2D eigenvalue weighted by molar-refractivity contribution is 5.38. The Morgan fingerprint density at radius 3 is 2.58 bits per heavy atom. The summed E-state index contributed by atoms with van der Waals surface area (Å²) in [5.41, 5.74) is 0.883. The molecule has 19 heavy (non-hydrogen) atoms. The summed E-state index contributed by atoms with van der Waals surface area (Å²) in [5, 5.41) is 3.12. The molecule has 0 saturated carbocycles. The zero-order valence-corrected chi connectivity index (χ0v) is 11.5. The summed E-state index contributed by atoms with van der Waals surface area (Å²) < 4.78 is 34.3. The largest absolute Gasteiger partial charge is 0.494 e. The Hall–Kier alpha value is -1.16. The van der Waals surface area contributed by atoms with Crippen LogP contribution in [0.25, 0.3) is 0 Å². The summed E-state index contributed by atoms with van der Waals surface area (Å²) in [6.07, 6.45) is 1.05. The van der Waals surface area contributed by atoms with Gasteiger partial charge in [-0.05, 0) is 63.5 Å². The fourth-order valence-corrected chi connectivity index (χ4v) is 2.59. The second-order valence-electron chi connectivity index (χ2n) is 5.06. The number of hydrogen-bond donors (Lipinski definition) is 1. The van der Waals surface area contributed by atoms with Gasteiger partial charge in [-0.3, -0.25) is 0 Å². The minimum Gasteiger partial charge on any atom is -0.494 e. The van der Waals surface area contributed by atoms with Gasteiger partial charge in [0.2, 0.25) is 0 Å².